The molecule has 0 aromatic carbocycles. The number of esters is 3. The van der Waals surface area contributed by atoms with Crippen LogP contribution in [0.5, 0.6) is 0 Å². The number of hydrogen-bond acceptors (Lipinski definition) is 9. The highest BCUT2D eigenvalue weighted by Crippen LogP contribution is 2.71. The fourth-order valence-electron chi connectivity index (χ4n) is 6.65. The maximum absolute atomic E-state index is 12.8. The Morgan fingerprint density at radius 1 is 1.07 bits per heavy atom. The molecule has 2 aliphatic heterocycles. The van der Waals surface area contributed by atoms with E-state index in [2.05, 4.69) is 39.6 Å². The summed E-state index contributed by atoms with van der Waals surface area (Å²) in [5.41, 5.74) is 0.242. The first-order chi connectivity index (χ1) is 19.7. The quantitative estimate of drug-likeness (QED) is 0.0657. The molecule has 1 saturated carbocycles. The fraction of sp³-hybridized carbons (Fsp3) is 0.656. The van der Waals surface area contributed by atoms with Crippen LogP contribution in [0.25, 0.3) is 0 Å². The van der Waals surface area contributed by atoms with E-state index in [0.29, 0.717) is 31.6 Å². The normalized spacial score (nSPS) is 33.9. The molecule has 1 N–H and O–H groups in total. The molecule has 4 rings (SSSR count). The Morgan fingerprint density at radius 2 is 1.71 bits per heavy atom. The van der Waals surface area contributed by atoms with E-state index >= 15 is 0 Å². The third kappa shape index (κ3) is 6.66. The van der Waals surface area contributed by atoms with E-state index in [-0.39, 0.29) is 25.4 Å². The van der Waals surface area contributed by atoms with Crippen LogP contribution < -0.4 is 0 Å². The van der Waals surface area contributed by atoms with Gasteiger partial charge in [0.05, 0.1) is 38.1 Å². The van der Waals surface area contributed by atoms with Crippen molar-refractivity contribution in [2.24, 2.45) is 10.8 Å². The first-order valence-electron chi connectivity index (χ1n) is 14.9. The zero-order valence-corrected chi connectivity index (χ0v) is 26.8. The molecule has 6 unspecified atom stereocenters. The Hall–Kier alpha value is -2.53. The van der Waals surface area contributed by atoms with Gasteiger partial charge in [0, 0.05) is 50.0 Å². The molecule has 10 heteroatoms. The second-order valence-electron chi connectivity index (χ2n) is 13.6. The number of ether oxygens (including phenoxy) is 5. The maximum Gasteiger partial charge on any atom is 0.330 e. The molecule has 4 aliphatic rings. The van der Waals surface area contributed by atoms with Crippen molar-refractivity contribution >= 4 is 26.0 Å². The molecule has 6 atom stereocenters. The number of epoxide rings is 1. The minimum atomic E-state index is -1.26. The molecule has 0 aromatic rings. The highest BCUT2D eigenvalue weighted by Gasteiger charge is 2.81. The van der Waals surface area contributed by atoms with Crippen LogP contribution in [0.2, 0.25) is 25.7 Å². The van der Waals surface area contributed by atoms with E-state index in [4.69, 9.17) is 23.7 Å². The summed E-state index contributed by atoms with van der Waals surface area (Å²) in [5, 5.41) is 11.2. The SMILES string of the molecule is CC1=CC2OC3CC(O)C(C)(C2(COC(=O)/C=C(\C)CCOC(=O)/C=C/C=C/C(=O)OCC[Si](C)(C)C)CC1)C31CO1. The number of carbonyl (C=O) groups excluding carboxylic acids is 3. The lowest BCUT2D eigenvalue weighted by atomic mass is 9.51. The lowest BCUT2D eigenvalue weighted by molar-refractivity contribution is -0.229. The topological polar surface area (TPSA) is 121 Å². The molecule has 2 heterocycles. The van der Waals surface area contributed by atoms with Crippen molar-refractivity contribution in [2.75, 3.05) is 26.4 Å². The largest absolute Gasteiger partial charge is 0.463 e. The van der Waals surface area contributed by atoms with Crippen molar-refractivity contribution in [1.29, 1.82) is 0 Å². The van der Waals surface area contributed by atoms with Gasteiger partial charge in [-0.3, -0.25) is 0 Å². The van der Waals surface area contributed by atoms with Crippen LogP contribution in [0.15, 0.2) is 47.6 Å². The molecule has 232 valence electrons. The molecule has 3 fully saturated rings. The van der Waals surface area contributed by atoms with Gasteiger partial charge in [-0.25, -0.2) is 14.4 Å². The van der Waals surface area contributed by atoms with Gasteiger partial charge in [-0.15, -0.1) is 0 Å². The lowest BCUT2D eigenvalue weighted by Crippen LogP contribution is -2.66. The van der Waals surface area contributed by atoms with E-state index < -0.39 is 48.5 Å². The molecule has 2 aliphatic carbocycles. The summed E-state index contributed by atoms with van der Waals surface area (Å²) < 4.78 is 28.6. The Bertz CT molecular complexity index is 1170. The summed E-state index contributed by atoms with van der Waals surface area (Å²) in [6, 6.07) is 0.897. The molecule has 2 bridgehead atoms. The van der Waals surface area contributed by atoms with Gasteiger partial charge in [-0.2, -0.15) is 0 Å². The second-order valence-corrected chi connectivity index (χ2v) is 19.2. The van der Waals surface area contributed by atoms with Crippen molar-refractivity contribution in [3.8, 4) is 0 Å². The Kier molecular flexibility index (Phi) is 9.71. The minimum absolute atomic E-state index is 0.0939. The second kappa shape index (κ2) is 12.6. The number of rotatable bonds is 12. The van der Waals surface area contributed by atoms with Crippen molar-refractivity contribution in [2.45, 2.75) is 96.1 Å². The molecule has 42 heavy (non-hydrogen) atoms. The summed E-state index contributed by atoms with van der Waals surface area (Å²) in [6.07, 6.45) is 10.3. The van der Waals surface area contributed by atoms with Gasteiger partial charge in [-0.1, -0.05) is 55.9 Å². The van der Waals surface area contributed by atoms with Crippen molar-refractivity contribution in [1.82, 2.24) is 0 Å². The van der Waals surface area contributed by atoms with E-state index in [1.54, 1.807) is 6.92 Å². The van der Waals surface area contributed by atoms with Crippen LogP contribution in [0.1, 0.15) is 46.5 Å². The molecule has 0 amide bonds. The lowest BCUT2D eigenvalue weighted by Gasteiger charge is -2.58. The smallest absolute Gasteiger partial charge is 0.330 e. The van der Waals surface area contributed by atoms with E-state index in [9.17, 15) is 19.5 Å². The van der Waals surface area contributed by atoms with Crippen LogP contribution in [0.3, 0.4) is 0 Å². The number of aliphatic hydroxyl groups excluding tert-OH is 1. The van der Waals surface area contributed by atoms with Gasteiger partial charge in [0.15, 0.2) is 0 Å². The van der Waals surface area contributed by atoms with Gasteiger partial charge in [0.2, 0.25) is 0 Å². The maximum atomic E-state index is 12.8. The van der Waals surface area contributed by atoms with Gasteiger partial charge < -0.3 is 28.8 Å². The average Bonchev–Trinajstić information content (AvgIpc) is 3.68. The van der Waals surface area contributed by atoms with E-state index in [1.165, 1.54) is 36.0 Å². The van der Waals surface area contributed by atoms with E-state index in [1.807, 2.05) is 0 Å². The molecule has 9 nitrogen and oxygen atoms in total. The van der Waals surface area contributed by atoms with Gasteiger partial charge in [0.25, 0.3) is 0 Å². The molecule has 0 radical (unpaired) electrons. The van der Waals surface area contributed by atoms with E-state index in [0.717, 1.165) is 18.9 Å². The number of fused-ring (bicyclic) bond motifs is 2. The molecular weight excluding hydrogens is 556 g/mol. The summed E-state index contributed by atoms with van der Waals surface area (Å²) in [5.74, 6) is -1.48. The number of carbonyl (C=O) groups is 3. The number of aliphatic hydroxyl groups is 1. The Morgan fingerprint density at radius 3 is 2.33 bits per heavy atom. The zero-order chi connectivity index (χ0) is 30.8. The minimum Gasteiger partial charge on any atom is -0.463 e. The highest BCUT2D eigenvalue weighted by molar-refractivity contribution is 6.76. The standard InChI is InChI=1S/C32H46O9Si/c1-22-11-13-31(25(17-22)41-26-19-24(33)30(31,3)32(26)21-40-32)20-39-29(36)18-23(2)12-14-37-27(34)9-7-8-10-28(35)38-15-16-42(4,5)6/h7-10,17-18,24-26,33H,11-16,19-21H2,1-6H3/b9-7+,10-8+,23-18+. The van der Waals surface area contributed by atoms with Crippen LogP contribution in [-0.2, 0) is 38.1 Å². The molecule has 0 aromatic heterocycles. The summed E-state index contributed by atoms with van der Waals surface area (Å²) in [4.78, 5) is 36.5. The Labute approximate surface area is 249 Å². The average molecular weight is 603 g/mol. The first-order valence-corrected chi connectivity index (χ1v) is 18.6. The fourth-order valence-corrected chi connectivity index (χ4v) is 7.36. The number of allylic oxidation sites excluding steroid dienone is 3. The van der Waals surface area contributed by atoms with Crippen LogP contribution in [0.4, 0.5) is 0 Å². The summed E-state index contributed by atoms with van der Waals surface area (Å²) in [7, 11) is -1.26. The molecule has 1 spiro atoms. The van der Waals surface area contributed by atoms with Crippen LogP contribution in [-0.4, -0.2) is 81.4 Å². The van der Waals surface area contributed by atoms with Crippen molar-refractivity contribution < 1.29 is 43.2 Å². The molecular formula is C32H46O9Si. The molecule has 2 saturated heterocycles. The highest BCUT2D eigenvalue weighted by atomic mass is 28.3. The van der Waals surface area contributed by atoms with Crippen LogP contribution in [0, 0.1) is 10.8 Å². The van der Waals surface area contributed by atoms with Gasteiger partial charge in [0.1, 0.15) is 12.2 Å². The Balaban J connectivity index is 1.23. The van der Waals surface area contributed by atoms with Crippen molar-refractivity contribution in [3.05, 3.63) is 47.6 Å². The third-order valence-corrected chi connectivity index (χ3v) is 11.2. The van der Waals surface area contributed by atoms with Crippen molar-refractivity contribution in [3.63, 3.8) is 0 Å². The predicted molar refractivity (Wildman–Crippen MR) is 159 cm³/mol. The summed E-state index contributed by atoms with van der Waals surface area (Å²) in [6.45, 7) is 13.7. The predicted octanol–water partition coefficient (Wildman–Crippen LogP) is 4.44. The van der Waals surface area contributed by atoms with Crippen LogP contribution >= 0.6 is 0 Å². The monoisotopic (exact) mass is 602 g/mol. The zero-order valence-electron chi connectivity index (χ0n) is 25.8. The first kappa shape index (κ1) is 32.4. The van der Waals surface area contributed by atoms with Gasteiger partial charge >= 0.3 is 17.9 Å². The summed E-state index contributed by atoms with van der Waals surface area (Å²) >= 11 is 0. The third-order valence-electron chi connectivity index (χ3n) is 9.50. The van der Waals surface area contributed by atoms with Gasteiger partial charge in [-0.05, 0) is 32.7 Å². The number of hydrogen-bond donors (Lipinski definition) is 1.